The molecule has 0 saturated carbocycles. The summed E-state index contributed by atoms with van der Waals surface area (Å²) in [6.45, 7) is 0. The molecule has 0 saturated heterocycles. The van der Waals surface area contributed by atoms with E-state index in [1.165, 1.54) is 12.3 Å². The van der Waals surface area contributed by atoms with Crippen LogP contribution in [0.3, 0.4) is 0 Å². The van der Waals surface area contributed by atoms with Gasteiger partial charge in [0.25, 0.3) is 0 Å². The number of hydrogen-bond acceptors (Lipinski definition) is 5. The Morgan fingerprint density at radius 3 is 2.81 bits per heavy atom. The summed E-state index contributed by atoms with van der Waals surface area (Å²) < 4.78 is 24.8. The second kappa shape index (κ2) is 5.08. The molecule has 0 amide bonds. The quantitative estimate of drug-likeness (QED) is 0.743. The number of carbonyl (C=O) groups is 1. The van der Waals surface area contributed by atoms with Gasteiger partial charge in [0, 0.05) is 6.20 Å². The van der Waals surface area contributed by atoms with E-state index in [1.54, 1.807) is 0 Å². The molecule has 88 valence electrons. The van der Waals surface area contributed by atoms with E-state index in [9.17, 15) is 13.2 Å². The zero-order valence-corrected chi connectivity index (χ0v) is 9.49. The van der Waals surface area contributed by atoms with Gasteiger partial charge in [-0.2, -0.15) is 4.98 Å². The second-order valence-corrected chi connectivity index (χ2v) is 4.96. The van der Waals surface area contributed by atoms with Crippen molar-refractivity contribution in [2.45, 2.75) is 6.42 Å². The molecule has 2 N–H and O–H groups in total. The van der Waals surface area contributed by atoms with Crippen LogP contribution in [-0.4, -0.2) is 35.2 Å². The Morgan fingerprint density at radius 2 is 2.25 bits per heavy atom. The topological polar surface area (TPSA) is 109 Å². The Morgan fingerprint density at radius 1 is 1.56 bits per heavy atom. The molecule has 0 bridgehead atoms. The van der Waals surface area contributed by atoms with E-state index in [4.69, 9.17) is 16.7 Å². The summed E-state index contributed by atoms with van der Waals surface area (Å²) in [4.78, 5) is 17.4. The van der Waals surface area contributed by atoms with Crippen LogP contribution < -0.4 is 4.72 Å². The third kappa shape index (κ3) is 4.41. The average molecular weight is 266 g/mol. The third-order valence-electron chi connectivity index (χ3n) is 1.47. The minimum absolute atomic E-state index is 0.00499. The Hall–Kier alpha value is -1.41. The fraction of sp³-hybridized carbons (Fsp3) is 0.286. The van der Waals surface area contributed by atoms with Crippen molar-refractivity contribution in [2.24, 2.45) is 0 Å². The molecule has 0 atom stereocenters. The smallest absolute Gasteiger partial charge is 0.304 e. The molecular formula is C7H8ClN3O4S. The minimum atomic E-state index is -3.73. The number of carboxylic acids is 1. The average Bonchev–Trinajstić information content (AvgIpc) is 2.14. The lowest BCUT2D eigenvalue weighted by Gasteiger charge is -2.05. The van der Waals surface area contributed by atoms with Gasteiger partial charge in [-0.1, -0.05) is 0 Å². The molecule has 1 aromatic heterocycles. The fourth-order valence-electron chi connectivity index (χ4n) is 0.824. The first-order valence-corrected chi connectivity index (χ1v) is 6.13. The summed E-state index contributed by atoms with van der Waals surface area (Å²) in [6.07, 6.45) is 0.804. The van der Waals surface area contributed by atoms with Gasteiger partial charge in [-0.15, -0.1) is 0 Å². The van der Waals surface area contributed by atoms with Crippen molar-refractivity contribution in [2.75, 3.05) is 10.5 Å². The number of nitrogens with zero attached hydrogens (tertiary/aromatic N) is 2. The fourth-order valence-corrected chi connectivity index (χ4v) is 1.95. The van der Waals surface area contributed by atoms with E-state index >= 15 is 0 Å². The highest BCUT2D eigenvalue weighted by Crippen LogP contribution is 2.08. The van der Waals surface area contributed by atoms with Gasteiger partial charge in [0.1, 0.15) is 5.82 Å². The maximum Gasteiger partial charge on any atom is 0.304 e. The molecule has 1 rings (SSSR count). The number of sulfonamides is 1. The Balaban J connectivity index is 2.69. The summed E-state index contributed by atoms with van der Waals surface area (Å²) in [5.74, 6) is -1.71. The maximum atomic E-state index is 11.3. The number of halogens is 1. The summed E-state index contributed by atoms with van der Waals surface area (Å²) >= 11 is 5.45. The molecule has 0 radical (unpaired) electrons. The summed E-state index contributed by atoms with van der Waals surface area (Å²) in [5.41, 5.74) is 0. The van der Waals surface area contributed by atoms with Crippen LogP contribution in [0.4, 0.5) is 5.82 Å². The van der Waals surface area contributed by atoms with Crippen LogP contribution in [0.2, 0.25) is 5.28 Å². The van der Waals surface area contributed by atoms with E-state index in [0.717, 1.165) is 0 Å². The Bertz CT molecular complexity index is 490. The maximum absolute atomic E-state index is 11.3. The predicted molar refractivity (Wildman–Crippen MR) is 56.7 cm³/mol. The first-order valence-electron chi connectivity index (χ1n) is 4.10. The number of aliphatic carboxylic acids is 1. The van der Waals surface area contributed by atoms with E-state index in [0.29, 0.717) is 0 Å². The van der Waals surface area contributed by atoms with Gasteiger partial charge in [0.05, 0.1) is 12.2 Å². The Labute approximate surface area is 96.5 Å². The van der Waals surface area contributed by atoms with Crippen LogP contribution in [0.1, 0.15) is 6.42 Å². The van der Waals surface area contributed by atoms with Crippen LogP contribution in [0.5, 0.6) is 0 Å². The van der Waals surface area contributed by atoms with Crippen molar-refractivity contribution in [3.63, 3.8) is 0 Å². The van der Waals surface area contributed by atoms with Crippen LogP contribution in [0.15, 0.2) is 12.3 Å². The predicted octanol–water partition coefficient (Wildman–Crippen LogP) is 0.346. The number of rotatable bonds is 5. The summed E-state index contributed by atoms with van der Waals surface area (Å²) in [5, 5.41) is 8.25. The zero-order chi connectivity index (χ0) is 12.2. The van der Waals surface area contributed by atoms with Crippen LogP contribution in [0.25, 0.3) is 0 Å². The van der Waals surface area contributed by atoms with Crippen molar-refractivity contribution >= 4 is 33.4 Å². The van der Waals surface area contributed by atoms with E-state index < -0.39 is 28.2 Å². The molecule has 0 aromatic carbocycles. The minimum Gasteiger partial charge on any atom is -0.481 e. The van der Waals surface area contributed by atoms with Crippen molar-refractivity contribution in [1.29, 1.82) is 0 Å². The first kappa shape index (κ1) is 12.7. The van der Waals surface area contributed by atoms with Crippen molar-refractivity contribution in [1.82, 2.24) is 9.97 Å². The number of nitrogens with one attached hydrogen (secondary N) is 1. The number of anilines is 1. The molecule has 0 unspecified atom stereocenters. The van der Waals surface area contributed by atoms with Crippen molar-refractivity contribution in [3.05, 3.63) is 17.5 Å². The highest BCUT2D eigenvalue weighted by molar-refractivity contribution is 7.92. The Kier molecular flexibility index (Phi) is 4.02. The second-order valence-electron chi connectivity index (χ2n) is 2.78. The lowest BCUT2D eigenvalue weighted by Crippen LogP contribution is -2.19. The largest absolute Gasteiger partial charge is 0.481 e. The van der Waals surface area contributed by atoms with E-state index in [2.05, 4.69) is 14.7 Å². The monoisotopic (exact) mass is 265 g/mol. The number of carboxylic acid groups (broad SMARTS) is 1. The molecule has 1 heterocycles. The van der Waals surface area contributed by atoms with Crippen LogP contribution >= 0.6 is 11.6 Å². The van der Waals surface area contributed by atoms with E-state index in [1.807, 2.05) is 0 Å². The van der Waals surface area contributed by atoms with Gasteiger partial charge in [-0.05, 0) is 17.7 Å². The first-order chi connectivity index (χ1) is 7.39. The zero-order valence-electron chi connectivity index (χ0n) is 7.92. The molecule has 0 aliphatic rings. The third-order valence-corrected chi connectivity index (χ3v) is 2.91. The molecule has 0 aliphatic carbocycles. The van der Waals surface area contributed by atoms with Gasteiger partial charge < -0.3 is 5.11 Å². The lowest BCUT2D eigenvalue weighted by atomic mass is 10.5. The highest BCUT2D eigenvalue weighted by atomic mass is 35.5. The molecule has 1 aromatic rings. The van der Waals surface area contributed by atoms with Gasteiger partial charge >= 0.3 is 5.97 Å². The van der Waals surface area contributed by atoms with Crippen LogP contribution in [-0.2, 0) is 14.8 Å². The molecular weight excluding hydrogens is 258 g/mol. The van der Waals surface area contributed by atoms with Gasteiger partial charge in [0.2, 0.25) is 15.3 Å². The standard InChI is InChI=1S/C7H8ClN3O4S/c8-7-9-3-1-5(10-7)11-16(14,15)4-2-6(12)13/h1,3H,2,4H2,(H,12,13)(H,9,10,11). The van der Waals surface area contributed by atoms with Crippen molar-refractivity contribution in [3.8, 4) is 0 Å². The number of hydrogen-bond donors (Lipinski definition) is 2. The molecule has 16 heavy (non-hydrogen) atoms. The molecule has 0 aliphatic heterocycles. The molecule has 7 nitrogen and oxygen atoms in total. The number of aromatic nitrogens is 2. The van der Waals surface area contributed by atoms with Crippen LogP contribution in [0, 0.1) is 0 Å². The normalized spacial score (nSPS) is 11.1. The molecule has 0 fully saturated rings. The van der Waals surface area contributed by atoms with Crippen molar-refractivity contribution < 1.29 is 18.3 Å². The van der Waals surface area contributed by atoms with Gasteiger partial charge in [0.15, 0.2) is 0 Å². The lowest BCUT2D eigenvalue weighted by molar-refractivity contribution is -0.136. The SMILES string of the molecule is O=C(O)CCS(=O)(=O)Nc1ccnc(Cl)n1. The molecule has 0 spiro atoms. The van der Waals surface area contributed by atoms with Gasteiger partial charge in [-0.25, -0.2) is 13.4 Å². The summed E-state index contributed by atoms with van der Waals surface area (Å²) in [7, 11) is -3.73. The van der Waals surface area contributed by atoms with Gasteiger partial charge in [-0.3, -0.25) is 9.52 Å². The van der Waals surface area contributed by atoms with E-state index in [-0.39, 0.29) is 11.1 Å². The molecule has 9 heteroatoms. The highest BCUT2D eigenvalue weighted by Gasteiger charge is 2.13. The summed E-state index contributed by atoms with van der Waals surface area (Å²) in [6, 6.07) is 1.31.